The molecule has 0 spiro atoms. The third-order valence-corrected chi connectivity index (χ3v) is 5.31. The summed E-state index contributed by atoms with van der Waals surface area (Å²) in [6.45, 7) is 5.20. The Balaban J connectivity index is 1.78. The Bertz CT molecular complexity index is 1220. The fraction of sp³-hybridized carbons (Fsp3) is 0.125. The van der Waals surface area contributed by atoms with E-state index < -0.39 is 0 Å². The summed E-state index contributed by atoms with van der Waals surface area (Å²) in [7, 11) is 0. The van der Waals surface area contributed by atoms with Crippen molar-refractivity contribution < 1.29 is 9.59 Å². The fourth-order valence-corrected chi connectivity index (χ4v) is 3.72. The number of aromatic nitrogens is 2. The Morgan fingerprint density at radius 3 is 2.39 bits per heavy atom. The van der Waals surface area contributed by atoms with Gasteiger partial charge in [-0.2, -0.15) is 5.10 Å². The molecule has 6 nitrogen and oxygen atoms in total. The van der Waals surface area contributed by atoms with E-state index in [-0.39, 0.29) is 11.8 Å². The minimum atomic E-state index is -0.339. The van der Waals surface area contributed by atoms with Crippen molar-refractivity contribution in [3.8, 4) is 5.69 Å². The first-order valence-corrected chi connectivity index (χ1v) is 10.2. The van der Waals surface area contributed by atoms with Gasteiger partial charge in [-0.05, 0) is 38.1 Å². The zero-order chi connectivity index (χ0) is 22.1. The lowest BCUT2D eigenvalue weighted by molar-refractivity contribution is -0.132. The van der Waals surface area contributed by atoms with Gasteiger partial charge in [0.2, 0.25) is 5.91 Å². The number of aryl methyl sites for hydroxylation is 2. The normalized spacial score (nSPS) is 14.8. The second-order valence-electron chi connectivity index (χ2n) is 7.34. The monoisotopic (exact) mass is 432 g/mol. The molecule has 2 amide bonds. The van der Waals surface area contributed by atoms with Crippen LogP contribution >= 0.6 is 11.6 Å². The van der Waals surface area contributed by atoms with Crippen LogP contribution in [-0.4, -0.2) is 26.6 Å². The largest absolute Gasteiger partial charge is 0.277 e. The van der Waals surface area contributed by atoms with Crippen molar-refractivity contribution >= 4 is 35.2 Å². The van der Waals surface area contributed by atoms with Crippen LogP contribution in [0, 0.1) is 13.8 Å². The van der Waals surface area contributed by atoms with Crippen molar-refractivity contribution in [1.82, 2.24) is 20.2 Å². The highest BCUT2D eigenvalue weighted by molar-refractivity contribution is 6.31. The molecule has 1 N–H and O–H groups in total. The fourth-order valence-electron chi connectivity index (χ4n) is 3.39. The van der Waals surface area contributed by atoms with Gasteiger partial charge in [0, 0.05) is 23.6 Å². The molecule has 1 aliphatic rings. The number of amides is 2. The second kappa shape index (κ2) is 8.24. The average Bonchev–Trinajstić information content (AvgIpc) is 3.20. The van der Waals surface area contributed by atoms with Crippen molar-refractivity contribution in [2.24, 2.45) is 0 Å². The molecule has 2 aromatic carbocycles. The van der Waals surface area contributed by atoms with Crippen molar-refractivity contribution in [2.45, 2.75) is 20.8 Å². The number of nitrogens with one attached hydrogen (secondary N) is 1. The quantitative estimate of drug-likeness (QED) is 0.619. The van der Waals surface area contributed by atoms with Crippen molar-refractivity contribution in [3.05, 3.63) is 93.8 Å². The Morgan fingerprint density at radius 2 is 1.74 bits per heavy atom. The summed E-state index contributed by atoms with van der Waals surface area (Å²) in [5.74, 6) is -0.674. The molecule has 3 aromatic rings. The molecular formula is C24H21ClN4O2. The van der Waals surface area contributed by atoms with E-state index in [0.717, 1.165) is 16.8 Å². The van der Waals surface area contributed by atoms with E-state index in [4.69, 9.17) is 11.6 Å². The SMILES string of the molecule is CC(=O)NN1C(=O)C(=Cc2c(C)nn(-c3ccccc3)c2Cl)C=C1c1ccc(C)cc1. The minimum Gasteiger partial charge on any atom is -0.274 e. The number of nitrogens with zero attached hydrogens (tertiary/aromatic N) is 3. The number of rotatable bonds is 4. The topological polar surface area (TPSA) is 67.2 Å². The summed E-state index contributed by atoms with van der Waals surface area (Å²) in [4.78, 5) is 24.8. The smallest absolute Gasteiger partial charge is 0.274 e. The molecule has 0 bridgehead atoms. The Morgan fingerprint density at radius 1 is 1.06 bits per heavy atom. The molecule has 2 heterocycles. The van der Waals surface area contributed by atoms with Crippen LogP contribution in [0.15, 0.2) is 66.2 Å². The van der Waals surface area contributed by atoms with E-state index in [1.807, 2.05) is 68.4 Å². The molecule has 156 valence electrons. The lowest BCUT2D eigenvalue weighted by Gasteiger charge is -2.20. The van der Waals surface area contributed by atoms with E-state index in [1.54, 1.807) is 16.8 Å². The molecule has 0 unspecified atom stereocenters. The van der Waals surface area contributed by atoms with Crippen molar-refractivity contribution in [1.29, 1.82) is 0 Å². The number of para-hydroxylation sites is 1. The summed E-state index contributed by atoms with van der Waals surface area (Å²) >= 11 is 6.62. The van der Waals surface area contributed by atoms with E-state index in [1.165, 1.54) is 11.9 Å². The number of benzene rings is 2. The van der Waals surface area contributed by atoms with E-state index in [0.29, 0.717) is 27.7 Å². The average molecular weight is 433 g/mol. The third-order valence-electron chi connectivity index (χ3n) is 4.95. The number of hydrogen-bond acceptors (Lipinski definition) is 3. The van der Waals surface area contributed by atoms with Gasteiger partial charge in [-0.15, -0.1) is 0 Å². The van der Waals surface area contributed by atoms with Gasteiger partial charge >= 0.3 is 0 Å². The van der Waals surface area contributed by atoms with Crippen LogP contribution in [-0.2, 0) is 9.59 Å². The van der Waals surface area contributed by atoms with Gasteiger partial charge in [0.25, 0.3) is 5.91 Å². The summed E-state index contributed by atoms with van der Waals surface area (Å²) in [5.41, 5.74) is 7.70. The maximum Gasteiger partial charge on any atom is 0.277 e. The van der Waals surface area contributed by atoms with Gasteiger partial charge < -0.3 is 0 Å². The van der Waals surface area contributed by atoms with Crippen LogP contribution in [0.4, 0.5) is 0 Å². The number of carbonyl (C=O) groups is 2. The molecule has 0 radical (unpaired) electrons. The molecule has 0 saturated carbocycles. The molecule has 0 atom stereocenters. The number of carbonyl (C=O) groups excluding carboxylic acids is 2. The van der Waals surface area contributed by atoms with Gasteiger partial charge in [-0.1, -0.05) is 59.6 Å². The molecule has 1 aromatic heterocycles. The molecule has 7 heteroatoms. The van der Waals surface area contributed by atoms with Crippen LogP contribution in [0.5, 0.6) is 0 Å². The summed E-state index contributed by atoms with van der Waals surface area (Å²) in [6.07, 6.45) is 3.46. The van der Waals surface area contributed by atoms with Gasteiger partial charge in [-0.25, -0.2) is 9.69 Å². The molecule has 4 rings (SSSR count). The standard InChI is InChI=1S/C24H21ClN4O2/c1-15-9-11-18(12-10-15)22-14-19(24(31)29(22)27-17(3)30)13-21-16(2)26-28(23(21)25)20-7-5-4-6-8-20/h4-14H,1-3H3,(H,27,30). The highest BCUT2D eigenvalue weighted by Crippen LogP contribution is 2.32. The number of hydrogen-bond donors (Lipinski definition) is 1. The van der Waals surface area contributed by atoms with Gasteiger partial charge in [-0.3, -0.25) is 15.0 Å². The van der Waals surface area contributed by atoms with Crippen molar-refractivity contribution in [3.63, 3.8) is 0 Å². The van der Waals surface area contributed by atoms with E-state index in [9.17, 15) is 9.59 Å². The van der Waals surface area contributed by atoms with Gasteiger partial charge in [0.05, 0.1) is 17.1 Å². The van der Waals surface area contributed by atoms with Crippen LogP contribution < -0.4 is 5.43 Å². The Labute approximate surface area is 185 Å². The molecule has 0 saturated heterocycles. The maximum absolute atomic E-state index is 13.1. The predicted octanol–water partition coefficient (Wildman–Crippen LogP) is 4.46. The highest BCUT2D eigenvalue weighted by Gasteiger charge is 2.30. The molecule has 1 aliphatic heterocycles. The first kappa shape index (κ1) is 20.6. The zero-order valence-electron chi connectivity index (χ0n) is 17.4. The van der Waals surface area contributed by atoms with Crippen LogP contribution in [0.1, 0.15) is 29.3 Å². The molecule has 31 heavy (non-hydrogen) atoms. The predicted molar refractivity (Wildman–Crippen MR) is 121 cm³/mol. The number of halogens is 1. The lowest BCUT2D eigenvalue weighted by Crippen LogP contribution is -2.41. The second-order valence-corrected chi connectivity index (χ2v) is 7.70. The van der Waals surface area contributed by atoms with Crippen LogP contribution in [0.2, 0.25) is 5.15 Å². The number of hydrazine groups is 1. The Kier molecular flexibility index (Phi) is 5.48. The van der Waals surface area contributed by atoms with E-state index in [2.05, 4.69) is 10.5 Å². The first-order valence-electron chi connectivity index (χ1n) is 9.78. The lowest BCUT2D eigenvalue weighted by atomic mass is 10.1. The van der Waals surface area contributed by atoms with Gasteiger partial charge in [0.15, 0.2) is 0 Å². The zero-order valence-corrected chi connectivity index (χ0v) is 18.1. The molecular weight excluding hydrogens is 412 g/mol. The minimum absolute atomic E-state index is 0.335. The van der Waals surface area contributed by atoms with Gasteiger partial charge in [0.1, 0.15) is 5.15 Å². The highest BCUT2D eigenvalue weighted by atomic mass is 35.5. The Hall–Kier alpha value is -3.64. The third kappa shape index (κ3) is 4.02. The first-order chi connectivity index (χ1) is 14.8. The maximum atomic E-state index is 13.1. The summed E-state index contributed by atoms with van der Waals surface area (Å²) < 4.78 is 1.64. The van der Waals surface area contributed by atoms with Crippen LogP contribution in [0.3, 0.4) is 0 Å². The van der Waals surface area contributed by atoms with Crippen LogP contribution in [0.25, 0.3) is 17.5 Å². The molecule has 0 fully saturated rings. The van der Waals surface area contributed by atoms with Crippen molar-refractivity contribution in [2.75, 3.05) is 0 Å². The summed E-state index contributed by atoms with van der Waals surface area (Å²) in [5, 5.41) is 6.20. The van der Waals surface area contributed by atoms with E-state index >= 15 is 0 Å². The molecule has 0 aliphatic carbocycles. The summed E-state index contributed by atoms with van der Waals surface area (Å²) in [6, 6.07) is 17.3.